The van der Waals surface area contributed by atoms with E-state index < -0.39 is 10.0 Å². The normalized spacial score (nSPS) is 15.0. The molecule has 1 heterocycles. The maximum Gasteiger partial charge on any atom is 0.262 e. The van der Waals surface area contributed by atoms with Gasteiger partial charge in [-0.05, 0) is 37.1 Å². The minimum absolute atomic E-state index is 0.216. The van der Waals surface area contributed by atoms with Crippen molar-refractivity contribution in [3.8, 4) is 5.75 Å². The molecule has 0 unspecified atom stereocenters. The molecule has 0 atom stereocenters. The van der Waals surface area contributed by atoms with Gasteiger partial charge < -0.3 is 15.0 Å². The van der Waals surface area contributed by atoms with Crippen LogP contribution in [0.1, 0.15) is 11.1 Å². The molecule has 32 heavy (non-hydrogen) atoms. The summed E-state index contributed by atoms with van der Waals surface area (Å²) in [6.07, 6.45) is 1.21. The van der Waals surface area contributed by atoms with Crippen molar-refractivity contribution in [3.63, 3.8) is 0 Å². The van der Waals surface area contributed by atoms with Crippen molar-refractivity contribution < 1.29 is 17.9 Å². The highest BCUT2D eigenvalue weighted by Gasteiger charge is 2.25. The largest absolute Gasteiger partial charge is 0.481 e. The lowest BCUT2D eigenvalue weighted by atomic mass is 10.1. The maximum atomic E-state index is 12.6. The van der Waals surface area contributed by atoms with E-state index in [4.69, 9.17) is 39.5 Å². The molecule has 0 aliphatic carbocycles. The summed E-state index contributed by atoms with van der Waals surface area (Å²) >= 11 is 18.8. The fourth-order valence-electron chi connectivity index (χ4n) is 3.48. The molecule has 0 radical (unpaired) electrons. The zero-order valence-corrected chi connectivity index (χ0v) is 21.0. The van der Waals surface area contributed by atoms with E-state index in [0.29, 0.717) is 48.0 Å². The fourth-order valence-corrected chi connectivity index (χ4v) is 5.13. The predicted octanol–water partition coefficient (Wildman–Crippen LogP) is 4.36. The molecule has 1 aliphatic rings. The SMILES string of the molecule is Cc1c(Cl)c(C)c(Cl)c(OCC(=O)Nc2ccccc2N2CCN(S(C)(=O)=O)CC2)c1Cl. The molecule has 11 heteroatoms. The van der Waals surface area contributed by atoms with E-state index >= 15 is 0 Å². The molecule has 2 aromatic rings. The van der Waals surface area contributed by atoms with Crippen LogP contribution in [0.15, 0.2) is 24.3 Å². The number of carbonyl (C=O) groups is 1. The van der Waals surface area contributed by atoms with Gasteiger partial charge in [-0.15, -0.1) is 0 Å². The van der Waals surface area contributed by atoms with Crippen molar-refractivity contribution in [2.24, 2.45) is 0 Å². The molecule has 1 saturated heterocycles. The summed E-state index contributed by atoms with van der Waals surface area (Å²) in [5, 5.41) is 3.84. The highest BCUT2D eigenvalue weighted by atomic mass is 35.5. The van der Waals surface area contributed by atoms with E-state index in [0.717, 1.165) is 5.69 Å². The number of ether oxygens (including phenoxy) is 1. The van der Waals surface area contributed by atoms with E-state index in [2.05, 4.69) is 5.32 Å². The van der Waals surface area contributed by atoms with Crippen molar-refractivity contribution in [2.75, 3.05) is 49.3 Å². The van der Waals surface area contributed by atoms with Gasteiger partial charge in [0.05, 0.1) is 27.7 Å². The predicted molar refractivity (Wildman–Crippen MR) is 130 cm³/mol. The van der Waals surface area contributed by atoms with E-state index in [1.165, 1.54) is 10.6 Å². The molecule has 2 aromatic carbocycles. The third-order valence-corrected chi connectivity index (χ3v) is 8.07. The number of para-hydroxylation sites is 2. The van der Waals surface area contributed by atoms with Crippen LogP contribution in [0.25, 0.3) is 0 Å². The molecule has 1 fully saturated rings. The number of anilines is 2. The molecule has 1 aliphatic heterocycles. The van der Waals surface area contributed by atoms with Crippen LogP contribution in [0, 0.1) is 13.8 Å². The second-order valence-electron chi connectivity index (χ2n) is 7.52. The summed E-state index contributed by atoms with van der Waals surface area (Å²) in [4.78, 5) is 14.6. The highest BCUT2D eigenvalue weighted by Crippen LogP contribution is 2.42. The van der Waals surface area contributed by atoms with Crippen molar-refractivity contribution >= 4 is 62.1 Å². The summed E-state index contributed by atoms with van der Waals surface area (Å²) in [5.41, 5.74) is 2.67. The number of halogens is 3. The second-order valence-corrected chi connectivity index (χ2v) is 10.6. The first-order valence-corrected chi connectivity index (χ1v) is 12.8. The lowest BCUT2D eigenvalue weighted by Crippen LogP contribution is -2.48. The molecule has 0 spiro atoms. The van der Waals surface area contributed by atoms with Crippen molar-refractivity contribution in [1.82, 2.24) is 4.31 Å². The Morgan fingerprint density at radius 1 is 1.00 bits per heavy atom. The van der Waals surface area contributed by atoms with Crippen LogP contribution in [0.2, 0.25) is 15.1 Å². The van der Waals surface area contributed by atoms with E-state index in [1.807, 2.05) is 23.1 Å². The number of sulfonamides is 1. The van der Waals surface area contributed by atoms with Crippen LogP contribution in [-0.2, 0) is 14.8 Å². The third-order valence-electron chi connectivity index (χ3n) is 5.29. The number of rotatable bonds is 6. The number of nitrogens with one attached hydrogen (secondary N) is 1. The van der Waals surface area contributed by atoms with Crippen molar-refractivity contribution in [1.29, 1.82) is 0 Å². The number of nitrogens with zero attached hydrogens (tertiary/aromatic N) is 2. The Hall–Kier alpha value is -1.71. The van der Waals surface area contributed by atoms with E-state index in [9.17, 15) is 13.2 Å². The Balaban J connectivity index is 1.69. The lowest BCUT2D eigenvalue weighted by molar-refractivity contribution is -0.118. The second kappa shape index (κ2) is 10.1. The zero-order valence-electron chi connectivity index (χ0n) is 17.9. The first kappa shape index (κ1) is 24.9. The first-order valence-electron chi connectivity index (χ1n) is 9.86. The van der Waals surface area contributed by atoms with Crippen molar-refractivity contribution in [3.05, 3.63) is 50.5 Å². The summed E-state index contributed by atoms with van der Waals surface area (Å²) < 4.78 is 30.6. The topological polar surface area (TPSA) is 79.0 Å². The Labute approximate surface area is 203 Å². The number of hydrogen-bond acceptors (Lipinski definition) is 5. The Morgan fingerprint density at radius 3 is 2.12 bits per heavy atom. The van der Waals surface area contributed by atoms with Gasteiger partial charge in [-0.1, -0.05) is 46.9 Å². The molecule has 174 valence electrons. The molecule has 3 rings (SSSR count). The van der Waals surface area contributed by atoms with Gasteiger partial charge in [-0.3, -0.25) is 4.79 Å². The van der Waals surface area contributed by atoms with Crippen LogP contribution in [0.4, 0.5) is 11.4 Å². The van der Waals surface area contributed by atoms with Gasteiger partial charge in [0.15, 0.2) is 12.4 Å². The van der Waals surface area contributed by atoms with Gasteiger partial charge >= 0.3 is 0 Å². The average Bonchev–Trinajstić information content (AvgIpc) is 2.76. The maximum absolute atomic E-state index is 12.6. The van der Waals surface area contributed by atoms with E-state index in [-0.39, 0.29) is 28.3 Å². The van der Waals surface area contributed by atoms with Gasteiger partial charge in [0.25, 0.3) is 5.91 Å². The average molecular weight is 521 g/mol. The Bertz CT molecular complexity index is 1100. The van der Waals surface area contributed by atoms with Crippen LogP contribution >= 0.6 is 34.8 Å². The van der Waals surface area contributed by atoms with Crippen molar-refractivity contribution in [2.45, 2.75) is 13.8 Å². The summed E-state index contributed by atoms with van der Waals surface area (Å²) in [7, 11) is -3.22. The molecule has 0 bridgehead atoms. The molecule has 0 aromatic heterocycles. The quantitative estimate of drug-likeness (QED) is 0.612. The zero-order chi connectivity index (χ0) is 23.6. The summed E-state index contributed by atoms with van der Waals surface area (Å²) in [6.45, 7) is 5.01. The molecular weight excluding hydrogens is 497 g/mol. The van der Waals surface area contributed by atoms with Gasteiger partial charge in [0, 0.05) is 31.2 Å². The van der Waals surface area contributed by atoms with Gasteiger partial charge in [-0.25, -0.2) is 8.42 Å². The molecular formula is C21H24Cl3N3O4S. The Morgan fingerprint density at radius 2 is 1.56 bits per heavy atom. The van der Waals surface area contributed by atoms with Crippen LogP contribution in [0.3, 0.4) is 0 Å². The van der Waals surface area contributed by atoms with Gasteiger partial charge in [0.2, 0.25) is 10.0 Å². The number of amides is 1. The smallest absolute Gasteiger partial charge is 0.262 e. The van der Waals surface area contributed by atoms with Gasteiger partial charge in [0.1, 0.15) is 0 Å². The number of hydrogen-bond donors (Lipinski definition) is 1. The number of piperazine rings is 1. The summed E-state index contributed by atoms with van der Waals surface area (Å²) in [5.74, 6) is -0.169. The number of carbonyl (C=O) groups excluding carboxylic acids is 1. The number of benzene rings is 2. The fraction of sp³-hybridized carbons (Fsp3) is 0.381. The highest BCUT2D eigenvalue weighted by molar-refractivity contribution is 7.88. The standard InChI is InChI=1S/C21H24Cl3N3O4S/c1-13-18(22)14(2)20(24)21(19(13)23)31-12-17(28)25-15-6-4-5-7-16(15)26-8-10-27(11-9-26)32(3,29)30/h4-7H,8-12H2,1-3H3,(H,25,28). The molecule has 7 nitrogen and oxygen atoms in total. The minimum Gasteiger partial charge on any atom is -0.481 e. The van der Waals surface area contributed by atoms with E-state index in [1.54, 1.807) is 19.9 Å². The Kier molecular flexibility index (Phi) is 7.83. The first-order chi connectivity index (χ1) is 15.0. The van der Waals surface area contributed by atoms with Crippen LogP contribution in [-0.4, -0.2) is 57.7 Å². The minimum atomic E-state index is -3.22. The lowest BCUT2D eigenvalue weighted by Gasteiger charge is -2.35. The van der Waals surface area contributed by atoms with Crippen LogP contribution in [0.5, 0.6) is 5.75 Å². The molecule has 0 saturated carbocycles. The third kappa shape index (κ3) is 5.43. The molecule has 1 N–H and O–H groups in total. The van der Waals surface area contributed by atoms with Gasteiger partial charge in [-0.2, -0.15) is 4.31 Å². The summed E-state index contributed by atoms with van der Waals surface area (Å²) in [6, 6.07) is 7.34. The monoisotopic (exact) mass is 519 g/mol. The van der Waals surface area contributed by atoms with Crippen LogP contribution < -0.4 is 15.0 Å². The molecule has 1 amide bonds.